The van der Waals surface area contributed by atoms with Crippen LogP contribution >= 0.6 is 26.6 Å². The molecule has 2 rings (SSSR count). The van der Waals surface area contributed by atoms with Gasteiger partial charge in [0.25, 0.3) is 0 Å². The van der Waals surface area contributed by atoms with Crippen molar-refractivity contribution >= 4 is 52.9 Å². The molecule has 0 saturated carbocycles. The molecule has 1 fully saturated rings. The van der Waals surface area contributed by atoms with Gasteiger partial charge in [0.15, 0.2) is 0 Å². The average molecular weight is 416 g/mol. The lowest BCUT2D eigenvalue weighted by Crippen LogP contribution is -2.26. The normalized spacial score (nSPS) is 18.8. The van der Waals surface area contributed by atoms with E-state index in [4.69, 9.17) is 10.7 Å². The number of hydrogen-bond acceptors (Lipinski definition) is 5. The predicted octanol–water partition coefficient (Wildman–Crippen LogP) is 2.42. The third kappa shape index (κ3) is 3.55. The van der Waals surface area contributed by atoms with E-state index in [9.17, 15) is 27.7 Å². The van der Waals surface area contributed by atoms with Gasteiger partial charge >= 0.3 is 5.69 Å². The molecule has 1 aliphatic heterocycles. The van der Waals surface area contributed by atoms with Crippen LogP contribution in [0.1, 0.15) is 6.42 Å². The third-order valence-corrected chi connectivity index (χ3v) is 5.02. The van der Waals surface area contributed by atoms with Crippen LogP contribution in [0.3, 0.4) is 0 Å². The minimum Gasteiger partial charge on any atom is -0.306 e. The minimum atomic E-state index is -3.80. The van der Waals surface area contributed by atoms with Crippen LogP contribution in [0.25, 0.3) is 0 Å². The van der Waals surface area contributed by atoms with E-state index in [1.54, 1.807) is 0 Å². The first kappa shape index (κ1) is 17.1. The first-order valence-corrected chi connectivity index (χ1v) is 9.22. The van der Waals surface area contributed by atoms with E-state index in [0.717, 1.165) is 4.90 Å². The van der Waals surface area contributed by atoms with Crippen molar-refractivity contribution in [3.8, 4) is 0 Å². The fourth-order valence-corrected chi connectivity index (χ4v) is 3.97. The highest BCUT2D eigenvalue weighted by Crippen LogP contribution is 2.38. The highest BCUT2D eigenvalue weighted by Gasteiger charge is 2.37. The zero-order valence-electron chi connectivity index (χ0n) is 10.8. The van der Waals surface area contributed by atoms with Gasteiger partial charge in [0.2, 0.25) is 20.8 Å². The van der Waals surface area contributed by atoms with Gasteiger partial charge < -0.3 is 4.90 Å². The van der Waals surface area contributed by atoms with Gasteiger partial charge in [0.05, 0.1) is 15.1 Å². The number of amides is 1. The number of benzene rings is 1. The second kappa shape index (κ2) is 6.09. The molecule has 120 valence electrons. The molecule has 11 heteroatoms. The lowest BCUT2D eigenvalue weighted by Gasteiger charge is -2.17. The zero-order chi connectivity index (χ0) is 16.7. The summed E-state index contributed by atoms with van der Waals surface area (Å²) in [5.41, 5.74) is -1.04. The Morgan fingerprint density at radius 1 is 1.50 bits per heavy atom. The number of nitro benzene ring substituents is 1. The summed E-state index contributed by atoms with van der Waals surface area (Å²) in [4.78, 5) is 23.1. The summed E-state index contributed by atoms with van der Waals surface area (Å²) in [5, 5.41) is 11.1. The van der Waals surface area contributed by atoms with Crippen LogP contribution in [-0.4, -0.2) is 31.5 Å². The molecular formula is C11H9BrClFN2O5S. The van der Waals surface area contributed by atoms with Crippen LogP contribution in [0.4, 0.5) is 15.8 Å². The van der Waals surface area contributed by atoms with E-state index >= 15 is 0 Å². The number of carbonyl (C=O) groups is 1. The minimum absolute atomic E-state index is 0.0767. The van der Waals surface area contributed by atoms with Crippen LogP contribution in [0.15, 0.2) is 16.6 Å². The van der Waals surface area contributed by atoms with Crippen LogP contribution < -0.4 is 4.90 Å². The maximum absolute atomic E-state index is 13.9. The molecule has 0 spiro atoms. The molecule has 1 aromatic rings. The summed E-state index contributed by atoms with van der Waals surface area (Å²) in [6.07, 6.45) is -0.124. The van der Waals surface area contributed by atoms with Gasteiger partial charge in [-0.25, -0.2) is 8.42 Å². The molecule has 1 amide bonds. The lowest BCUT2D eigenvalue weighted by atomic mass is 10.1. The number of rotatable bonds is 4. The first-order valence-electron chi connectivity index (χ1n) is 5.95. The zero-order valence-corrected chi connectivity index (χ0v) is 14.0. The predicted molar refractivity (Wildman–Crippen MR) is 80.9 cm³/mol. The Hall–Kier alpha value is -1.26. The van der Waals surface area contributed by atoms with Crippen molar-refractivity contribution in [2.24, 2.45) is 5.92 Å². The molecule has 22 heavy (non-hydrogen) atoms. The number of nitro groups is 1. The van der Waals surface area contributed by atoms with Crippen molar-refractivity contribution < 1.29 is 22.5 Å². The molecule has 1 atom stereocenters. The van der Waals surface area contributed by atoms with E-state index in [1.807, 2.05) is 0 Å². The van der Waals surface area contributed by atoms with Crippen molar-refractivity contribution in [2.45, 2.75) is 6.42 Å². The Bertz CT molecular complexity index is 757. The largest absolute Gasteiger partial charge is 0.329 e. The Morgan fingerprint density at radius 2 is 2.14 bits per heavy atom. The molecule has 0 bridgehead atoms. The summed E-state index contributed by atoms with van der Waals surface area (Å²) >= 11 is 2.84. The Morgan fingerprint density at radius 3 is 2.68 bits per heavy atom. The van der Waals surface area contributed by atoms with Gasteiger partial charge in [-0.1, -0.05) is 0 Å². The molecular weight excluding hydrogens is 407 g/mol. The van der Waals surface area contributed by atoms with E-state index in [0.29, 0.717) is 0 Å². The van der Waals surface area contributed by atoms with E-state index in [-0.39, 0.29) is 23.1 Å². The maximum Gasteiger partial charge on any atom is 0.329 e. The number of nitrogens with zero attached hydrogens (tertiary/aromatic N) is 2. The topological polar surface area (TPSA) is 97.6 Å². The fraction of sp³-hybridized carbons (Fsp3) is 0.364. The van der Waals surface area contributed by atoms with Crippen molar-refractivity contribution in [3.63, 3.8) is 0 Å². The average Bonchev–Trinajstić information content (AvgIpc) is 2.70. The van der Waals surface area contributed by atoms with Gasteiger partial charge in [0.1, 0.15) is 5.69 Å². The van der Waals surface area contributed by atoms with Crippen LogP contribution in [0, 0.1) is 21.8 Å². The highest BCUT2D eigenvalue weighted by atomic mass is 79.9. The second-order valence-electron chi connectivity index (χ2n) is 4.77. The molecule has 1 unspecified atom stereocenters. The molecule has 7 nitrogen and oxygen atoms in total. The smallest absolute Gasteiger partial charge is 0.306 e. The SMILES string of the molecule is O=C1CC(CS(=O)(=O)Cl)CN1c1ccc(Br)c(F)c1[N+](=O)[O-]. The molecule has 1 saturated heterocycles. The standard InChI is InChI=1S/C11H9BrClFN2O5S/c12-7-1-2-8(11(10(7)14)16(18)19)15-4-6(3-9(15)17)5-22(13,20)21/h1-2,6H,3-5H2. The number of hydrogen-bond donors (Lipinski definition) is 0. The van der Waals surface area contributed by atoms with Crippen molar-refractivity contribution in [3.05, 3.63) is 32.5 Å². The molecule has 0 aliphatic carbocycles. The maximum atomic E-state index is 13.9. The van der Waals surface area contributed by atoms with Crippen molar-refractivity contribution in [2.75, 3.05) is 17.2 Å². The van der Waals surface area contributed by atoms with Gasteiger partial charge in [0, 0.05) is 29.6 Å². The summed E-state index contributed by atoms with van der Waals surface area (Å²) in [6.45, 7) is -0.0767. The van der Waals surface area contributed by atoms with E-state index in [2.05, 4.69) is 15.9 Å². The van der Waals surface area contributed by atoms with Crippen LogP contribution in [0.2, 0.25) is 0 Å². The molecule has 0 radical (unpaired) electrons. The monoisotopic (exact) mass is 414 g/mol. The Labute approximate surface area is 137 Å². The first-order chi connectivity index (χ1) is 10.1. The molecule has 1 aliphatic rings. The molecule has 0 N–H and O–H groups in total. The quantitative estimate of drug-likeness (QED) is 0.427. The van der Waals surface area contributed by atoms with Crippen molar-refractivity contribution in [1.29, 1.82) is 0 Å². The second-order valence-corrected chi connectivity index (χ2v) is 8.44. The van der Waals surface area contributed by atoms with Crippen LogP contribution in [-0.2, 0) is 13.8 Å². The third-order valence-electron chi connectivity index (χ3n) is 3.16. The Balaban J connectivity index is 2.39. The van der Waals surface area contributed by atoms with Gasteiger partial charge in [-0.05, 0) is 28.1 Å². The van der Waals surface area contributed by atoms with E-state index < -0.39 is 43.1 Å². The molecule has 0 aromatic heterocycles. The molecule has 1 heterocycles. The van der Waals surface area contributed by atoms with Crippen LogP contribution in [0.5, 0.6) is 0 Å². The summed E-state index contributed by atoms with van der Waals surface area (Å²) in [7, 11) is 1.35. The van der Waals surface area contributed by atoms with Crippen molar-refractivity contribution in [1.82, 2.24) is 0 Å². The summed E-state index contributed by atoms with van der Waals surface area (Å²) in [6, 6.07) is 2.48. The van der Waals surface area contributed by atoms with Gasteiger partial charge in [-0.15, -0.1) is 0 Å². The van der Waals surface area contributed by atoms with E-state index in [1.165, 1.54) is 12.1 Å². The number of anilines is 1. The van der Waals surface area contributed by atoms with Gasteiger partial charge in [-0.2, -0.15) is 4.39 Å². The summed E-state index contributed by atoms with van der Waals surface area (Å²) in [5.74, 6) is -2.64. The number of carbonyl (C=O) groups excluding carboxylic acids is 1. The van der Waals surface area contributed by atoms with Gasteiger partial charge in [-0.3, -0.25) is 14.9 Å². The molecule has 1 aromatic carbocycles. The lowest BCUT2D eigenvalue weighted by molar-refractivity contribution is -0.386. The highest BCUT2D eigenvalue weighted by molar-refractivity contribution is 9.10. The number of halogens is 3. The fourth-order valence-electron chi connectivity index (χ4n) is 2.33. The summed E-state index contributed by atoms with van der Waals surface area (Å²) < 4.78 is 36.0. The Kier molecular flexibility index (Phi) is 4.73.